The largest absolute Gasteiger partial charge is 0.344 e. The van der Waals surface area contributed by atoms with E-state index < -0.39 is 0 Å². The van der Waals surface area contributed by atoms with Gasteiger partial charge < -0.3 is 14.4 Å². The van der Waals surface area contributed by atoms with Gasteiger partial charge in [-0.15, -0.1) is 0 Å². The van der Waals surface area contributed by atoms with Crippen LogP contribution in [0.5, 0.6) is 0 Å². The molecule has 0 saturated heterocycles. The number of allylic oxidation sites excluding steroid dienone is 2. The van der Waals surface area contributed by atoms with E-state index in [1.807, 2.05) is 0 Å². The van der Waals surface area contributed by atoms with E-state index in [0.717, 1.165) is 34.4 Å². The maximum absolute atomic E-state index is 2.42. The van der Waals surface area contributed by atoms with Crippen LogP contribution >= 0.6 is 0 Å². The highest BCUT2D eigenvalue weighted by Gasteiger charge is 2.31. The van der Waals surface area contributed by atoms with E-state index in [9.17, 15) is 0 Å². The minimum atomic E-state index is 0.592. The number of hydrogen-bond acceptors (Lipinski definition) is 2. The van der Waals surface area contributed by atoms with Crippen LogP contribution in [-0.2, 0) is 0 Å². The first-order valence-corrected chi connectivity index (χ1v) is 25.9. The van der Waals surface area contributed by atoms with Gasteiger partial charge >= 0.3 is 0 Å². The number of fused-ring (bicyclic) bond motifs is 3. The Hall–Kier alpha value is -8.66. The molecular weight excluding hydrogens is 883 g/mol. The normalized spacial score (nSPS) is 15.6. The van der Waals surface area contributed by atoms with Gasteiger partial charge in [-0.25, -0.2) is 0 Å². The molecule has 0 N–H and O–H groups in total. The highest BCUT2D eigenvalue weighted by molar-refractivity contribution is 6.09. The molecule has 0 bridgehead atoms. The minimum absolute atomic E-state index is 0.592. The molecule has 0 spiro atoms. The molecule has 3 heteroatoms. The molecule has 73 heavy (non-hydrogen) atoms. The zero-order valence-corrected chi connectivity index (χ0v) is 41.8. The Morgan fingerprint density at radius 2 is 0.836 bits per heavy atom. The summed E-state index contributed by atoms with van der Waals surface area (Å²) in [5.74, 6) is 1.97. The molecule has 10 aromatic carbocycles. The Bertz CT molecular complexity index is 3630. The molecule has 1 aliphatic carbocycles. The van der Waals surface area contributed by atoms with Crippen LogP contribution in [0.25, 0.3) is 72.0 Å². The highest BCUT2D eigenvalue weighted by Crippen LogP contribution is 2.45. The average Bonchev–Trinajstić information content (AvgIpc) is 4.00. The Kier molecular flexibility index (Phi) is 12.4. The molecule has 3 nitrogen and oxygen atoms in total. The lowest BCUT2D eigenvalue weighted by Gasteiger charge is -2.26. The summed E-state index contributed by atoms with van der Waals surface area (Å²) in [6.07, 6.45) is 7.18. The summed E-state index contributed by atoms with van der Waals surface area (Å²) < 4.78 is 2.37. The summed E-state index contributed by atoms with van der Waals surface area (Å²) in [4.78, 5) is 4.65. The smallest absolute Gasteiger partial charge is 0.0541 e. The van der Waals surface area contributed by atoms with Crippen molar-refractivity contribution >= 4 is 50.2 Å². The predicted octanol–water partition coefficient (Wildman–Crippen LogP) is 19.4. The molecule has 11 aromatic rings. The van der Waals surface area contributed by atoms with E-state index in [4.69, 9.17) is 0 Å². The highest BCUT2D eigenvalue weighted by atomic mass is 15.1. The monoisotopic (exact) mass is 941 g/mol. The van der Waals surface area contributed by atoms with E-state index in [0.29, 0.717) is 11.8 Å². The van der Waals surface area contributed by atoms with Crippen molar-refractivity contribution in [2.24, 2.45) is 11.8 Å². The van der Waals surface area contributed by atoms with Crippen molar-refractivity contribution in [3.8, 4) is 50.2 Å². The van der Waals surface area contributed by atoms with E-state index >= 15 is 0 Å². The molecule has 1 aliphatic rings. The molecule has 1 aromatic heterocycles. The fraction of sp³-hybridized carbons (Fsp3) is 0.114. The van der Waals surface area contributed by atoms with Crippen LogP contribution in [0.1, 0.15) is 38.2 Å². The molecule has 12 rings (SSSR count). The summed E-state index contributed by atoms with van der Waals surface area (Å²) >= 11 is 0. The molecule has 1 saturated carbocycles. The van der Waals surface area contributed by atoms with Crippen molar-refractivity contribution < 1.29 is 0 Å². The van der Waals surface area contributed by atoms with Crippen molar-refractivity contribution in [3.05, 3.63) is 266 Å². The molecule has 3 unspecified atom stereocenters. The number of rotatable bonds is 12. The summed E-state index contributed by atoms with van der Waals surface area (Å²) in [7, 11) is 2.15. The lowest BCUT2D eigenvalue weighted by Crippen LogP contribution is -2.10. The number of aromatic nitrogens is 1. The van der Waals surface area contributed by atoms with Gasteiger partial charge in [-0.1, -0.05) is 189 Å². The van der Waals surface area contributed by atoms with Crippen molar-refractivity contribution in [2.75, 3.05) is 16.8 Å². The second kappa shape index (κ2) is 19.9. The molecular formula is C70H59N3. The van der Waals surface area contributed by atoms with Crippen LogP contribution in [-0.4, -0.2) is 11.6 Å². The second-order valence-electron chi connectivity index (χ2n) is 19.9. The number of hydrogen-bond donors (Lipinski definition) is 0. The first-order chi connectivity index (χ1) is 36.0. The standard InChI is InChI=1S/C70H59N3/c1-4-14-58-47-49(2)48-67(58)57-25-23-50(24-26-57)52-29-39-60(40-30-52)72(61-41-31-53(32-42-61)51-27-37-59(38-28-51)71(3)68-20-11-8-17-64(68)56-15-6-5-7-16-56)62-43-33-54(34-44-62)55-35-45-63(46-36-55)73-69-21-12-9-18-65(69)66-19-10-13-22-70(66)73/h4-46,49,58,67H,47-48H2,1-3H3/b14-4-. The Labute approximate surface area is 430 Å². The van der Waals surface area contributed by atoms with Crippen molar-refractivity contribution in [2.45, 2.75) is 32.6 Å². The van der Waals surface area contributed by atoms with Gasteiger partial charge in [0.2, 0.25) is 0 Å². The van der Waals surface area contributed by atoms with Gasteiger partial charge in [0.1, 0.15) is 0 Å². The lowest BCUT2D eigenvalue weighted by atomic mass is 9.87. The van der Waals surface area contributed by atoms with Gasteiger partial charge in [-0.05, 0) is 161 Å². The van der Waals surface area contributed by atoms with E-state index in [1.165, 1.54) is 90.4 Å². The zero-order chi connectivity index (χ0) is 49.3. The van der Waals surface area contributed by atoms with E-state index in [1.54, 1.807) is 0 Å². The molecule has 354 valence electrons. The van der Waals surface area contributed by atoms with Crippen LogP contribution in [0.15, 0.2) is 261 Å². The van der Waals surface area contributed by atoms with Crippen LogP contribution < -0.4 is 9.80 Å². The maximum Gasteiger partial charge on any atom is 0.0541 e. The third-order valence-corrected chi connectivity index (χ3v) is 15.3. The van der Waals surface area contributed by atoms with Crippen LogP contribution in [0.4, 0.5) is 28.4 Å². The van der Waals surface area contributed by atoms with Gasteiger partial charge in [-0.3, -0.25) is 0 Å². The SMILES string of the molecule is C/C=C\C1CC(C)CC1c1ccc(-c2ccc(N(c3ccc(-c4ccc(N(C)c5ccccc5-c5ccccc5)cc4)cc3)c3ccc(-c4ccc(-n5c6ccccc6c6ccccc65)cc4)cc3)cc2)cc1. The number of para-hydroxylation sites is 3. The molecule has 1 heterocycles. The second-order valence-corrected chi connectivity index (χ2v) is 19.9. The summed E-state index contributed by atoms with van der Waals surface area (Å²) in [5.41, 5.74) is 20.2. The summed E-state index contributed by atoms with van der Waals surface area (Å²) in [5, 5.41) is 2.54. The first kappa shape index (κ1) is 45.5. The molecule has 0 aliphatic heterocycles. The van der Waals surface area contributed by atoms with Gasteiger partial charge in [0, 0.05) is 57.5 Å². The van der Waals surface area contributed by atoms with Crippen molar-refractivity contribution in [1.29, 1.82) is 0 Å². The molecule has 3 atom stereocenters. The van der Waals surface area contributed by atoms with E-state index in [2.05, 4.69) is 296 Å². The maximum atomic E-state index is 2.42. The quantitative estimate of drug-likeness (QED) is 0.113. The van der Waals surface area contributed by atoms with Gasteiger partial charge in [0.15, 0.2) is 0 Å². The minimum Gasteiger partial charge on any atom is -0.344 e. The van der Waals surface area contributed by atoms with Gasteiger partial charge in [-0.2, -0.15) is 0 Å². The molecule has 0 amide bonds. The van der Waals surface area contributed by atoms with Gasteiger partial charge in [0.25, 0.3) is 0 Å². The Morgan fingerprint density at radius 1 is 0.411 bits per heavy atom. The molecule has 1 fully saturated rings. The number of nitrogens with zero attached hydrogens (tertiary/aromatic N) is 3. The van der Waals surface area contributed by atoms with Crippen LogP contribution in [0.3, 0.4) is 0 Å². The van der Waals surface area contributed by atoms with Crippen LogP contribution in [0, 0.1) is 11.8 Å². The number of benzene rings is 10. The van der Waals surface area contributed by atoms with E-state index in [-0.39, 0.29) is 0 Å². The Balaban J connectivity index is 0.835. The average molecular weight is 942 g/mol. The third kappa shape index (κ3) is 8.93. The Morgan fingerprint density at radius 3 is 1.34 bits per heavy atom. The fourth-order valence-corrected chi connectivity index (χ4v) is 11.6. The summed E-state index contributed by atoms with van der Waals surface area (Å²) in [6.45, 7) is 4.55. The topological polar surface area (TPSA) is 11.4 Å². The first-order valence-electron chi connectivity index (χ1n) is 25.9. The fourth-order valence-electron chi connectivity index (χ4n) is 11.6. The van der Waals surface area contributed by atoms with Gasteiger partial charge in [0.05, 0.1) is 11.0 Å². The van der Waals surface area contributed by atoms with Crippen LogP contribution in [0.2, 0.25) is 0 Å². The lowest BCUT2D eigenvalue weighted by molar-refractivity contribution is 0.581. The summed E-state index contributed by atoms with van der Waals surface area (Å²) in [6, 6.07) is 91.0. The molecule has 0 radical (unpaired) electrons. The zero-order valence-electron chi connectivity index (χ0n) is 41.8. The van der Waals surface area contributed by atoms with Crippen molar-refractivity contribution in [3.63, 3.8) is 0 Å². The number of anilines is 5. The predicted molar refractivity (Wildman–Crippen MR) is 311 cm³/mol. The third-order valence-electron chi connectivity index (χ3n) is 15.3. The van der Waals surface area contributed by atoms with Crippen molar-refractivity contribution in [1.82, 2.24) is 4.57 Å².